The van der Waals surface area contributed by atoms with Crippen LogP contribution in [-0.2, 0) is 7.05 Å². The highest BCUT2D eigenvalue weighted by Crippen LogP contribution is 2.21. The fraction of sp³-hybridized carbons (Fsp3) is 0.750. The third-order valence-corrected chi connectivity index (χ3v) is 3.43. The van der Waals surface area contributed by atoms with E-state index in [-0.39, 0.29) is 12.1 Å². The molecule has 1 unspecified atom stereocenters. The Labute approximate surface area is 96.7 Å². The van der Waals surface area contributed by atoms with E-state index >= 15 is 0 Å². The Hall–Kier alpha value is -0.870. The molecule has 2 N–H and O–H groups in total. The molecule has 0 saturated heterocycles. The molecule has 1 aliphatic carbocycles. The number of rotatable bonds is 3. The molecule has 1 atom stereocenters. The zero-order chi connectivity index (χ0) is 11.5. The summed E-state index contributed by atoms with van der Waals surface area (Å²) in [7, 11) is 2.02. The minimum Gasteiger partial charge on any atom is -0.393 e. The fourth-order valence-electron chi connectivity index (χ4n) is 2.46. The highest BCUT2D eigenvalue weighted by Gasteiger charge is 2.21. The lowest BCUT2D eigenvalue weighted by Crippen LogP contribution is -2.36. The predicted octanol–water partition coefficient (Wildman–Crippen LogP) is 1.37. The van der Waals surface area contributed by atoms with Gasteiger partial charge in [-0.05, 0) is 32.6 Å². The second kappa shape index (κ2) is 4.97. The molecule has 4 heteroatoms. The SMILES string of the molecule is CC(NC1CCC(O)CC1)c1nccn1C. The maximum atomic E-state index is 9.44. The maximum absolute atomic E-state index is 9.44. The molecular formula is C12H21N3O. The maximum Gasteiger partial charge on any atom is 0.125 e. The molecular weight excluding hydrogens is 202 g/mol. The van der Waals surface area contributed by atoms with Gasteiger partial charge >= 0.3 is 0 Å². The number of aliphatic hydroxyl groups is 1. The fourth-order valence-corrected chi connectivity index (χ4v) is 2.46. The van der Waals surface area contributed by atoms with Gasteiger partial charge in [0.15, 0.2) is 0 Å². The van der Waals surface area contributed by atoms with E-state index in [1.807, 2.05) is 19.4 Å². The molecule has 1 fully saturated rings. The summed E-state index contributed by atoms with van der Waals surface area (Å²) in [5.41, 5.74) is 0. The van der Waals surface area contributed by atoms with Gasteiger partial charge in [-0.2, -0.15) is 0 Å². The van der Waals surface area contributed by atoms with E-state index in [4.69, 9.17) is 0 Å². The lowest BCUT2D eigenvalue weighted by molar-refractivity contribution is 0.114. The van der Waals surface area contributed by atoms with Gasteiger partial charge in [0.1, 0.15) is 5.82 Å². The first-order valence-electron chi connectivity index (χ1n) is 6.08. The molecule has 1 heterocycles. The van der Waals surface area contributed by atoms with Crippen molar-refractivity contribution >= 4 is 0 Å². The molecule has 1 saturated carbocycles. The second-order valence-corrected chi connectivity index (χ2v) is 4.79. The molecule has 0 aliphatic heterocycles. The van der Waals surface area contributed by atoms with Crippen molar-refractivity contribution in [2.45, 2.75) is 50.8 Å². The Morgan fingerprint density at radius 1 is 1.44 bits per heavy atom. The monoisotopic (exact) mass is 223 g/mol. The van der Waals surface area contributed by atoms with E-state index in [0.717, 1.165) is 31.5 Å². The number of aromatic nitrogens is 2. The summed E-state index contributed by atoms with van der Waals surface area (Å²) in [5, 5.41) is 13.0. The van der Waals surface area contributed by atoms with Crippen molar-refractivity contribution in [3.8, 4) is 0 Å². The van der Waals surface area contributed by atoms with Gasteiger partial charge in [-0.15, -0.1) is 0 Å². The third kappa shape index (κ3) is 2.62. The summed E-state index contributed by atoms with van der Waals surface area (Å²) in [5.74, 6) is 1.08. The molecule has 0 amide bonds. The quantitative estimate of drug-likeness (QED) is 0.814. The van der Waals surface area contributed by atoms with Crippen LogP contribution in [0.25, 0.3) is 0 Å². The van der Waals surface area contributed by atoms with Gasteiger partial charge in [-0.1, -0.05) is 0 Å². The number of hydrogen-bond acceptors (Lipinski definition) is 3. The minimum atomic E-state index is -0.0819. The third-order valence-electron chi connectivity index (χ3n) is 3.43. The van der Waals surface area contributed by atoms with Crippen molar-refractivity contribution in [1.29, 1.82) is 0 Å². The highest BCUT2D eigenvalue weighted by molar-refractivity contribution is 4.98. The van der Waals surface area contributed by atoms with Crippen LogP contribution in [0.1, 0.15) is 44.5 Å². The normalized spacial score (nSPS) is 27.9. The molecule has 1 aliphatic rings. The topological polar surface area (TPSA) is 50.1 Å². The number of imidazole rings is 1. The summed E-state index contributed by atoms with van der Waals surface area (Å²) in [6.07, 6.45) is 7.69. The molecule has 16 heavy (non-hydrogen) atoms. The number of nitrogens with zero attached hydrogens (tertiary/aromatic N) is 2. The lowest BCUT2D eigenvalue weighted by Gasteiger charge is -2.28. The minimum absolute atomic E-state index is 0.0819. The van der Waals surface area contributed by atoms with E-state index in [0.29, 0.717) is 6.04 Å². The summed E-state index contributed by atoms with van der Waals surface area (Å²) in [4.78, 5) is 4.35. The number of nitrogens with one attached hydrogen (secondary N) is 1. The molecule has 2 rings (SSSR count). The number of hydrogen-bond donors (Lipinski definition) is 2. The number of aliphatic hydroxyl groups excluding tert-OH is 1. The van der Waals surface area contributed by atoms with E-state index in [1.54, 1.807) is 0 Å². The van der Waals surface area contributed by atoms with Crippen LogP contribution in [0, 0.1) is 0 Å². The van der Waals surface area contributed by atoms with Crippen molar-refractivity contribution < 1.29 is 5.11 Å². The zero-order valence-electron chi connectivity index (χ0n) is 10.1. The van der Waals surface area contributed by atoms with Gasteiger partial charge < -0.3 is 15.0 Å². The van der Waals surface area contributed by atoms with Gasteiger partial charge in [0, 0.05) is 25.5 Å². The van der Waals surface area contributed by atoms with Crippen LogP contribution in [-0.4, -0.2) is 26.8 Å². The van der Waals surface area contributed by atoms with Crippen molar-refractivity contribution in [1.82, 2.24) is 14.9 Å². The van der Waals surface area contributed by atoms with Crippen LogP contribution in [0.2, 0.25) is 0 Å². The van der Waals surface area contributed by atoms with Crippen LogP contribution in [0.3, 0.4) is 0 Å². The predicted molar refractivity (Wildman–Crippen MR) is 63.0 cm³/mol. The Morgan fingerprint density at radius 2 is 2.12 bits per heavy atom. The standard InChI is InChI=1S/C12H21N3O/c1-9(12-13-7-8-15(12)2)14-10-3-5-11(16)6-4-10/h7-11,14,16H,3-6H2,1-2H3. The zero-order valence-corrected chi connectivity index (χ0v) is 10.1. The summed E-state index contributed by atoms with van der Waals surface area (Å²) in [6, 6.07) is 0.801. The van der Waals surface area contributed by atoms with E-state index in [1.165, 1.54) is 0 Å². The Balaban J connectivity index is 1.88. The van der Waals surface area contributed by atoms with Crippen LogP contribution in [0.15, 0.2) is 12.4 Å². The van der Waals surface area contributed by atoms with Crippen molar-refractivity contribution in [2.75, 3.05) is 0 Å². The largest absolute Gasteiger partial charge is 0.393 e. The molecule has 1 aromatic rings. The van der Waals surface area contributed by atoms with Gasteiger partial charge in [0.2, 0.25) is 0 Å². The molecule has 90 valence electrons. The average Bonchev–Trinajstić information content (AvgIpc) is 2.68. The summed E-state index contributed by atoms with van der Waals surface area (Å²) in [6.45, 7) is 2.15. The van der Waals surface area contributed by atoms with E-state index < -0.39 is 0 Å². The van der Waals surface area contributed by atoms with Crippen LogP contribution in [0.5, 0.6) is 0 Å². The first-order valence-corrected chi connectivity index (χ1v) is 6.08. The molecule has 0 aromatic carbocycles. The van der Waals surface area contributed by atoms with Gasteiger partial charge in [-0.25, -0.2) is 4.98 Å². The molecule has 4 nitrogen and oxygen atoms in total. The van der Waals surface area contributed by atoms with Gasteiger partial charge in [0.05, 0.1) is 12.1 Å². The second-order valence-electron chi connectivity index (χ2n) is 4.79. The van der Waals surface area contributed by atoms with Crippen LogP contribution in [0.4, 0.5) is 0 Å². The highest BCUT2D eigenvalue weighted by atomic mass is 16.3. The van der Waals surface area contributed by atoms with Gasteiger partial charge in [-0.3, -0.25) is 0 Å². The van der Waals surface area contributed by atoms with Crippen molar-refractivity contribution in [3.63, 3.8) is 0 Å². The smallest absolute Gasteiger partial charge is 0.125 e. The first kappa shape index (κ1) is 11.6. The van der Waals surface area contributed by atoms with Crippen LogP contribution >= 0.6 is 0 Å². The molecule has 0 bridgehead atoms. The average molecular weight is 223 g/mol. The first-order chi connectivity index (χ1) is 7.66. The van der Waals surface area contributed by atoms with E-state index in [2.05, 4.69) is 21.8 Å². The lowest BCUT2D eigenvalue weighted by atomic mass is 9.92. The molecule has 0 spiro atoms. The van der Waals surface area contributed by atoms with E-state index in [9.17, 15) is 5.11 Å². The van der Waals surface area contributed by atoms with Crippen LogP contribution < -0.4 is 5.32 Å². The molecule has 0 radical (unpaired) electrons. The Kier molecular flexibility index (Phi) is 3.61. The molecule has 1 aromatic heterocycles. The summed E-state index contributed by atoms with van der Waals surface area (Å²) >= 11 is 0. The number of aryl methyl sites for hydroxylation is 1. The summed E-state index contributed by atoms with van der Waals surface area (Å²) < 4.78 is 2.05. The Morgan fingerprint density at radius 3 is 2.69 bits per heavy atom. The van der Waals surface area contributed by atoms with Crippen molar-refractivity contribution in [2.24, 2.45) is 7.05 Å². The Bertz CT molecular complexity index is 329. The van der Waals surface area contributed by atoms with Crippen molar-refractivity contribution in [3.05, 3.63) is 18.2 Å². The van der Waals surface area contributed by atoms with Gasteiger partial charge in [0.25, 0.3) is 0 Å².